The number of ether oxygens (including phenoxy) is 1. The van der Waals surface area contributed by atoms with E-state index in [1.807, 2.05) is 0 Å². The second kappa shape index (κ2) is 7.15. The van der Waals surface area contributed by atoms with Crippen LogP contribution in [0.15, 0.2) is 4.52 Å². The van der Waals surface area contributed by atoms with Crippen LogP contribution in [0.2, 0.25) is 0 Å². The fourth-order valence-electron chi connectivity index (χ4n) is 2.46. The second-order valence-electron chi connectivity index (χ2n) is 5.79. The van der Waals surface area contributed by atoms with E-state index in [1.165, 1.54) is 0 Å². The first-order valence-corrected chi connectivity index (χ1v) is 7.43. The molecule has 1 fully saturated rings. The molecular weight excluding hydrogens is 258 g/mol. The van der Waals surface area contributed by atoms with Gasteiger partial charge in [0.1, 0.15) is 6.10 Å². The maximum atomic E-state index is 9.91. The quantitative estimate of drug-likeness (QED) is 0.851. The standard InChI is InChI=1S/C14H25N3O3/c1-4-17-5-6-19-12(9-17)14-15-13(20-16-14)8-11(18)7-10(2)3/h10-12,18H,4-9H2,1-3H3. The molecule has 1 aliphatic rings. The van der Waals surface area contributed by atoms with Crippen molar-refractivity contribution >= 4 is 0 Å². The molecule has 1 aliphatic heterocycles. The molecule has 0 aromatic carbocycles. The van der Waals surface area contributed by atoms with Crippen molar-refractivity contribution < 1.29 is 14.4 Å². The summed E-state index contributed by atoms with van der Waals surface area (Å²) in [5, 5.41) is 13.9. The molecule has 0 spiro atoms. The van der Waals surface area contributed by atoms with Gasteiger partial charge < -0.3 is 14.4 Å². The Labute approximate surface area is 120 Å². The number of aliphatic hydroxyl groups is 1. The van der Waals surface area contributed by atoms with Crippen molar-refractivity contribution in [1.82, 2.24) is 15.0 Å². The summed E-state index contributed by atoms with van der Waals surface area (Å²) >= 11 is 0. The lowest BCUT2D eigenvalue weighted by molar-refractivity contribution is -0.0334. The molecule has 2 rings (SSSR count). The van der Waals surface area contributed by atoms with Crippen molar-refractivity contribution in [2.45, 2.75) is 45.8 Å². The maximum Gasteiger partial charge on any atom is 0.229 e. The number of hydrogen-bond acceptors (Lipinski definition) is 6. The Morgan fingerprint density at radius 3 is 2.95 bits per heavy atom. The Hall–Kier alpha value is -0.980. The predicted octanol–water partition coefficient (Wildman–Crippen LogP) is 1.41. The maximum absolute atomic E-state index is 9.91. The van der Waals surface area contributed by atoms with Crippen LogP contribution in [0.5, 0.6) is 0 Å². The van der Waals surface area contributed by atoms with Crippen LogP contribution >= 0.6 is 0 Å². The van der Waals surface area contributed by atoms with Crippen molar-refractivity contribution in [2.24, 2.45) is 5.92 Å². The van der Waals surface area contributed by atoms with Gasteiger partial charge in [0, 0.05) is 13.1 Å². The third-order valence-electron chi connectivity index (χ3n) is 3.52. The van der Waals surface area contributed by atoms with E-state index >= 15 is 0 Å². The lowest BCUT2D eigenvalue weighted by Crippen LogP contribution is -2.38. The van der Waals surface area contributed by atoms with Crippen LogP contribution in [0.1, 0.15) is 45.0 Å². The molecule has 0 radical (unpaired) electrons. The van der Waals surface area contributed by atoms with Crippen LogP contribution in [0.4, 0.5) is 0 Å². The van der Waals surface area contributed by atoms with Gasteiger partial charge in [-0.25, -0.2) is 0 Å². The van der Waals surface area contributed by atoms with Crippen LogP contribution in [0.3, 0.4) is 0 Å². The zero-order valence-electron chi connectivity index (χ0n) is 12.6. The van der Waals surface area contributed by atoms with Gasteiger partial charge in [-0.05, 0) is 18.9 Å². The fraction of sp³-hybridized carbons (Fsp3) is 0.857. The van der Waals surface area contributed by atoms with E-state index in [0.717, 1.165) is 26.1 Å². The largest absolute Gasteiger partial charge is 0.393 e. The fourth-order valence-corrected chi connectivity index (χ4v) is 2.46. The molecule has 20 heavy (non-hydrogen) atoms. The molecule has 6 nitrogen and oxygen atoms in total. The number of hydrogen-bond donors (Lipinski definition) is 1. The van der Waals surface area contributed by atoms with Gasteiger partial charge in [0.05, 0.1) is 19.1 Å². The van der Waals surface area contributed by atoms with Crippen molar-refractivity contribution in [2.75, 3.05) is 26.2 Å². The summed E-state index contributed by atoms with van der Waals surface area (Å²) < 4.78 is 10.9. The number of aromatic nitrogens is 2. The van der Waals surface area contributed by atoms with Gasteiger partial charge >= 0.3 is 0 Å². The molecule has 0 bridgehead atoms. The highest BCUT2D eigenvalue weighted by Gasteiger charge is 2.25. The molecule has 1 N–H and O–H groups in total. The van der Waals surface area contributed by atoms with Crippen LogP contribution in [0, 0.1) is 5.92 Å². The number of aliphatic hydroxyl groups excluding tert-OH is 1. The summed E-state index contributed by atoms with van der Waals surface area (Å²) in [6, 6.07) is 0. The summed E-state index contributed by atoms with van der Waals surface area (Å²) in [4.78, 5) is 6.66. The molecule has 2 atom stereocenters. The normalized spacial score (nSPS) is 22.4. The van der Waals surface area contributed by atoms with Crippen molar-refractivity contribution in [1.29, 1.82) is 0 Å². The highest BCUT2D eigenvalue weighted by molar-refractivity contribution is 4.95. The molecule has 1 aromatic rings. The average molecular weight is 283 g/mol. The van der Waals surface area contributed by atoms with E-state index in [-0.39, 0.29) is 6.10 Å². The van der Waals surface area contributed by atoms with Gasteiger partial charge in [0.15, 0.2) is 0 Å². The lowest BCUT2D eigenvalue weighted by atomic mass is 10.0. The number of likely N-dealkylation sites (N-methyl/N-ethyl adjacent to an activating group) is 1. The third kappa shape index (κ3) is 4.26. The van der Waals surface area contributed by atoms with Gasteiger partial charge in [0.2, 0.25) is 11.7 Å². The molecule has 1 aromatic heterocycles. The van der Waals surface area contributed by atoms with Crippen LogP contribution in [0.25, 0.3) is 0 Å². The second-order valence-corrected chi connectivity index (χ2v) is 5.79. The van der Waals surface area contributed by atoms with Crippen molar-refractivity contribution in [3.63, 3.8) is 0 Å². The monoisotopic (exact) mass is 283 g/mol. The minimum absolute atomic E-state index is 0.122. The van der Waals surface area contributed by atoms with E-state index < -0.39 is 6.10 Å². The molecule has 114 valence electrons. The highest BCUT2D eigenvalue weighted by Crippen LogP contribution is 2.20. The smallest absolute Gasteiger partial charge is 0.229 e. The van der Waals surface area contributed by atoms with Crippen LogP contribution in [-0.2, 0) is 11.2 Å². The summed E-state index contributed by atoms with van der Waals surface area (Å²) in [6.45, 7) is 9.73. The van der Waals surface area contributed by atoms with Gasteiger partial charge in [-0.1, -0.05) is 25.9 Å². The zero-order chi connectivity index (χ0) is 14.5. The molecule has 1 saturated heterocycles. The molecule has 0 saturated carbocycles. The molecule has 2 unspecified atom stereocenters. The van der Waals surface area contributed by atoms with E-state index in [2.05, 4.69) is 35.8 Å². The first-order valence-electron chi connectivity index (χ1n) is 7.43. The van der Waals surface area contributed by atoms with E-state index in [1.54, 1.807) is 0 Å². The Morgan fingerprint density at radius 1 is 1.45 bits per heavy atom. The topological polar surface area (TPSA) is 71.6 Å². The molecule has 0 amide bonds. The average Bonchev–Trinajstić information content (AvgIpc) is 2.86. The van der Waals surface area contributed by atoms with Gasteiger partial charge in [-0.15, -0.1) is 0 Å². The van der Waals surface area contributed by atoms with Gasteiger partial charge in [-0.3, -0.25) is 4.90 Å². The summed E-state index contributed by atoms with van der Waals surface area (Å²) in [6.07, 6.45) is 0.600. The Morgan fingerprint density at radius 2 is 2.25 bits per heavy atom. The molecule has 0 aliphatic carbocycles. The van der Waals surface area contributed by atoms with Gasteiger partial charge in [-0.2, -0.15) is 4.98 Å². The minimum atomic E-state index is -0.428. The Bertz CT molecular complexity index is 408. The highest BCUT2D eigenvalue weighted by atomic mass is 16.5. The Balaban J connectivity index is 1.91. The Kier molecular flexibility index (Phi) is 5.51. The minimum Gasteiger partial charge on any atom is -0.393 e. The number of rotatable bonds is 6. The SMILES string of the molecule is CCN1CCOC(c2noc(CC(O)CC(C)C)n2)C1. The van der Waals surface area contributed by atoms with Crippen LogP contribution < -0.4 is 0 Å². The third-order valence-corrected chi connectivity index (χ3v) is 3.52. The summed E-state index contributed by atoms with van der Waals surface area (Å²) in [7, 11) is 0. The van der Waals surface area contributed by atoms with Gasteiger partial charge in [0.25, 0.3) is 0 Å². The van der Waals surface area contributed by atoms with E-state index in [4.69, 9.17) is 9.26 Å². The van der Waals surface area contributed by atoms with Crippen molar-refractivity contribution in [3.8, 4) is 0 Å². The summed E-state index contributed by atoms with van der Waals surface area (Å²) in [5.74, 6) is 1.53. The van der Waals surface area contributed by atoms with Crippen molar-refractivity contribution in [3.05, 3.63) is 11.7 Å². The molecule has 6 heteroatoms. The predicted molar refractivity (Wildman–Crippen MR) is 74.3 cm³/mol. The zero-order valence-corrected chi connectivity index (χ0v) is 12.6. The first-order chi connectivity index (χ1) is 9.58. The molecule has 2 heterocycles. The van der Waals surface area contributed by atoms with Crippen LogP contribution in [-0.4, -0.2) is 52.5 Å². The number of nitrogens with zero attached hydrogens (tertiary/aromatic N) is 3. The lowest BCUT2D eigenvalue weighted by Gasteiger charge is -2.30. The number of morpholine rings is 1. The van der Waals surface area contributed by atoms with E-state index in [0.29, 0.717) is 30.7 Å². The summed E-state index contributed by atoms with van der Waals surface area (Å²) in [5.41, 5.74) is 0. The first kappa shape index (κ1) is 15.4. The van der Waals surface area contributed by atoms with E-state index in [9.17, 15) is 5.11 Å². The molecular formula is C14H25N3O3.